The summed E-state index contributed by atoms with van der Waals surface area (Å²) in [4.78, 5) is 39.8. The van der Waals surface area contributed by atoms with E-state index in [4.69, 9.17) is 0 Å². The number of rotatable bonds is 5. The molecule has 24 heavy (non-hydrogen) atoms. The van der Waals surface area contributed by atoms with Gasteiger partial charge >= 0.3 is 0 Å². The number of aryl methyl sites for hydroxylation is 1. The van der Waals surface area contributed by atoms with Gasteiger partial charge in [-0.1, -0.05) is 12.1 Å². The van der Waals surface area contributed by atoms with Gasteiger partial charge in [-0.15, -0.1) is 0 Å². The van der Waals surface area contributed by atoms with Gasteiger partial charge in [0.25, 0.3) is 5.91 Å². The quantitative estimate of drug-likeness (QED) is 0.828. The van der Waals surface area contributed by atoms with Gasteiger partial charge in [-0.05, 0) is 44.0 Å². The number of ketones is 1. The molecule has 0 fully saturated rings. The molecule has 1 aromatic carbocycles. The fourth-order valence-corrected chi connectivity index (χ4v) is 2.29. The lowest BCUT2D eigenvalue weighted by Gasteiger charge is -2.17. The molecule has 2 N–H and O–H groups in total. The van der Waals surface area contributed by atoms with E-state index in [9.17, 15) is 14.4 Å². The van der Waals surface area contributed by atoms with Crippen molar-refractivity contribution in [3.05, 3.63) is 52.8 Å². The van der Waals surface area contributed by atoms with Crippen molar-refractivity contribution in [3.8, 4) is 0 Å². The van der Waals surface area contributed by atoms with Crippen LogP contribution in [-0.4, -0.2) is 41.1 Å². The Morgan fingerprint density at radius 2 is 1.92 bits per heavy atom. The molecule has 0 bridgehead atoms. The van der Waals surface area contributed by atoms with Gasteiger partial charge in [-0.2, -0.15) is 0 Å². The zero-order valence-corrected chi connectivity index (χ0v) is 14.3. The van der Waals surface area contributed by atoms with E-state index in [1.54, 1.807) is 7.05 Å². The van der Waals surface area contributed by atoms with Crippen molar-refractivity contribution in [3.63, 3.8) is 0 Å². The Kier molecular flexibility index (Phi) is 5.18. The smallest absolute Gasteiger partial charge is 0.270 e. The number of hydrogen-bond acceptors (Lipinski definition) is 3. The van der Waals surface area contributed by atoms with Crippen molar-refractivity contribution in [1.29, 1.82) is 0 Å². The molecular formula is C18H21N3O3. The summed E-state index contributed by atoms with van der Waals surface area (Å²) < 4.78 is 0. The number of nitrogens with zero attached hydrogens (tertiary/aromatic N) is 1. The molecule has 2 rings (SSSR count). The molecule has 0 unspecified atom stereocenters. The highest BCUT2D eigenvalue weighted by atomic mass is 16.2. The predicted molar refractivity (Wildman–Crippen MR) is 92.3 cm³/mol. The second-order valence-corrected chi connectivity index (χ2v) is 5.82. The van der Waals surface area contributed by atoms with Gasteiger partial charge < -0.3 is 15.2 Å². The molecule has 0 aliphatic carbocycles. The first kappa shape index (κ1) is 17.5. The largest absolute Gasteiger partial charge is 0.356 e. The van der Waals surface area contributed by atoms with Crippen LogP contribution in [0.4, 0.5) is 5.69 Å². The zero-order chi connectivity index (χ0) is 17.9. The first-order valence-electron chi connectivity index (χ1n) is 7.60. The summed E-state index contributed by atoms with van der Waals surface area (Å²) in [5.41, 5.74) is 3.53. The number of H-pyrrole nitrogens is 1. The van der Waals surface area contributed by atoms with Crippen LogP contribution in [0, 0.1) is 13.8 Å². The molecular weight excluding hydrogens is 306 g/mol. The van der Waals surface area contributed by atoms with Crippen LogP contribution in [0.3, 0.4) is 0 Å². The monoisotopic (exact) mass is 327 g/mol. The number of aromatic amines is 1. The van der Waals surface area contributed by atoms with Gasteiger partial charge in [0.2, 0.25) is 5.91 Å². The highest BCUT2D eigenvalue weighted by molar-refractivity contribution is 6.01. The van der Waals surface area contributed by atoms with E-state index in [-0.39, 0.29) is 29.8 Å². The molecule has 2 aromatic rings. The van der Waals surface area contributed by atoms with Gasteiger partial charge in [0, 0.05) is 24.5 Å². The third-order valence-corrected chi connectivity index (χ3v) is 3.93. The minimum atomic E-state index is -0.349. The Balaban J connectivity index is 2.01. The van der Waals surface area contributed by atoms with Crippen LogP contribution in [0.2, 0.25) is 0 Å². The van der Waals surface area contributed by atoms with Crippen LogP contribution in [0.15, 0.2) is 30.5 Å². The topological polar surface area (TPSA) is 82.3 Å². The predicted octanol–water partition coefficient (Wildman–Crippen LogP) is 2.54. The Morgan fingerprint density at radius 3 is 2.54 bits per heavy atom. The molecule has 0 saturated carbocycles. The van der Waals surface area contributed by atoms with Gasteiger partial charge in [0.15, 0.2) is 5.78 Å². The maximum absolute atomic E-state index is 12.3. The molecule has 6 heteroatoms. The summed E-state index contributed by atoms with van der Waals surface area (Å²) in [6.07, 6.45) is 1.49. The number of anilines is 1. The lowest BCUT2D eigenvalue weighted by molar-refractivity contribution is -0.116. The molecule has 126 valence electrons. The molecule has 0 atom stereocenters. The average molecular weight is 327 g/mol. The first-order chi connectivity index (χ1) is 11.3. The summed E-state index contributed by atoms with van der Waals surface area (Å²) in [5, 5.41) is 2.81. The Bertz CT molecular complexity index is 793. The molecule has 0 saturated heterocycles. The maximum atomic E-state index is 12.3. The number of amides is 2. The van der Waals surface area contributed by atoms with Crippen molar-refractivity contribution in [1.82, 2.24) is 9.88 Å². The minimum Gasteiger partial charge on any atom is -0.356 e. The number of nitrogens with one attached hydrogen (secondary N) is 2. The number of Topliss-reactive ketones (excluding diaryl/α,β-unsaturated/α-hetero) is 1. The van der Waals surface area contributed by atoms with Crippen molar-refractivity contribution in [2.24, 2.45) is 0 Å². The first-order valence-corrected chi connectivity index (χ1v) is 7.60. The SMILES string of the molecule is CC(=O)c1c[nH]c(C(=O)N(C)CC(=O)Nc2cccc(C)c2C)c1. The maximum Gasteiger partial charge on any atom is 0.270 e. The molecule has 0 spiro atoms. The Labute approximate surface area is 140 Å². The normalized spacial score (nSPS) is 10.3. The van der Waals surface area contributed by atoms with Crippen LogP contribution in [-0.2, 0) is 4.79 Å². The summed E-state index contributed by atoms with van der Waals surface area (Å²) in [7, 11) is 1.54. The lowest BCUT2D eigenvalue weighted by atomic mass is 10.1. The molecule has 0 radical (unpaired) electrons. The summed E-state index contributed by atoms with van der Waals surface area (Å²) in [5.74, 6) is -0.753. The van der Waals surface area contributed by atoms with E-state index in [0.717, 1.165) is 16.8 Å². The number of benzene rings is 1. The summed E-state index contributed by atoms with van der Waals surface area (Å²) in [6.45, 7) is 5.25. The molecule has 2 amide bonds. The van der Waals surface area contributed by atoms with Crippen molar-refractivity contribution in [2.75, 3.05) is 18.9 Å². The second-order valence-electron chi connectivity index (χ2n) is 5.82. The number of carbonyl (C=O) groups excluding carboxylic acids is 3. The second kappa shape index (κ2) is 7.12. The third-order valence-electron chi connectivity index (χ3n) is 3.93. The van der Waals surface area contributed by atoms with E-state index in [0.29, 0.717) is 5.56 Å². The van der Waals surface area contributed by atoms with Crippen LogP contribution >= 0.6 is 0 Å². The minimum absolute atomic E-state index is 0.0827. The summed E-state index contributed by atoms with van der Waals surface area (Å²) in [6, 6.07) is 7.16. The van der Waals surface area contributed by atoms with E-state index in [2.05, 4.69) is 10.3 Å². The van der Waals surface area contributed by atoms with E-state index < -0.39 is 0 Å². The number of likely N-dealkylation sites (N-methyl/N-ethyl adjacent to an activating group) is 1. The number of aromatic nitrogens is 1. The van der Waals surface area contributed by atoms with Crippen molar-refractivity contribution in [2.45, 2.75) is 20.8 Å². The van der Waals surface area contributed by atoms with E-state index >= 15 is 0 Å². The standard InChI is InChI=1S/C18H21N3O3/c1-11-6-5-7-15(12(11)2)20-17(23)10-21(4)18(24)16-8-14(9-19-16)13(3)22/h5-9,19H,10H2,1-4H3,(H,20,23). The number of carbonyl (C=O) groups is 3. The van der Waals surface area contributed by atoms with Gasteiger partial charge in [-0.25, -0.2) is 0 Å². The zero-order valence-electron chi connectivity index (χ0n) is 14.3. The third kappa shape index (κ3) is 3.90. The lowest BCUT2D eigenvalue weighted by Crippen LogP contribution is -2.35. The van der Waals surface area contributed by atoms with E-state index in [1.807, 2.05) is 32.0 Å². The molecule has 0 aliphatic heterocycles. The fraction of sp³-hybridized carbons (Fsp3) is 0.278. The van der Waals surface area contributed by atoms with Crippen LogP contribution in [0.5, 0.6) is 0 Å². The van der Waals surface area contributed by atoms with Crippen LogP contribution in [0.25, 0.3) is 0 Å². The van der Waals surface area contributed by atoms with Crippen molar-refractivity contribution < 1.29 is 14.4 Å². The van der Waals surface area contributed by atoms with Gasteiger partial charge in [0.1, 0.15) is 5.69 Å². The van der Waals surface area contributed by atoms with Gasteiger partial charge in [-0.3, -0.25) is 14.4 Å². The van der Waals surface area contributed by atoms with Gasteiger partial charge in [0.05, 0.1) is 6.54 Å². The average Bonchev–Trinajstić information content (AvgIpc) is 3.01. The highest BCUT2D eigenvalue weighted by Gasteiger charge is 2.18. The molecule has 1 heterocycles. The Hall–Kier alpha value is -2.89. The Morgan fingerprint density at radius 1 is 1.21 bits per heavy atom. The van der Waals surface area contributed by atoms with E-state index in [1.165, 1.54) is 24.1 Å². The molecule has 6 nitrogen and oxygen atoms in total. The molecule has 1 aromatic heterocycles. The van der Waals surface area contributed by atoms with Crippen LogP contribution in [0.1, 0.15) is 38.9 Å². The summed E-state index contributed by atoms with van der Waals surface area (Å²) >= 11 is 0. The highest BCUT2D eigenvalue weighted by Crippen LogP contribution is 2.17. The van der Waals surface area contributed by atoms with Crippen LogP contribution < -0.4 is 5.32 Å². The molecule has 0 aliphatic rings. The fourth-order valence-electron chi connectivity index (χ4n) is 2.29. The van der Waals surface area contributed by atoms with Crippen molar-refractivity contribution >= 4 is 23.3 Å². The number of hydrogen-bond donors (Lipinski definition) is 2.